The lowest BCUT2D eigenvalue weighted by Gasteiger charge is -2.22. The van der Waals surface area contributed by atoms with E-state index >= 15 is 0 Å². The van der Waals surface area contributed by atoms with E-state index in [4.69, 9.17) is 10.7 Å². The summed E-state index contributed by atoms with van der Waals surface area (Å²) in [4.78, 5) is 18.2. The largest absolute Gasteiger partial charge is 0.355 e. The number of thiazole rings is 1. The van der Waals surface area contributed by atoms with Gasteiger partial charge in [-0.1, -0.05) is 13.3 Å². The summed E-state index contributed by atoms with van der Waals surface area (Å²) in [5.41, 5.74) is 6.59. The number of nitrogens with one attached hydrogen (secondary N) is 1. The van der Waals surface area contributed by atoms with Crippen LogP contribution in [0.25, 0.3) is 0 Å². The molecule has 21 heavy (non-hydrogen) atoms. The van der Waals surface area contributed by atoms with E-state index < -0.39 is 5.54 Å². The first-order valence-electron chi connectivity index (χ1n) is 8.07. The van der Waals surface area contributed by atoms with Gasteiger partial charge in [-0.15, -0.1) is 11.3 Å². The Hall–Kier alpha value is -0.940. The summed E-state index contributed by atoms with van der Waals surface area (Å²) in [6.07, 6.45) is 8.45. The van der Waals surface area contributed by atoms with Crippen LogP contribution in [0.2, 0.25) is 0 Å². The fourth-order valence-electron chi connectivity index (χ4n) is 2.79. The minimum atomic E-state index is -0.741. The highest BCUT2D eigenvalue weighted by Crippen LogP contribution is 2.27. The van der Waals surface area contributed by atoms with Crippen molar-refractivity contribution in [3.05, 3.63) is 15.6 Å². The maximum atomic E-state index is 12.0. The zero-order chi connectivity index (χ0) is 15.3. The van der Waals surface area contributed by atoms with Crippen LogP contribution in [0.15, 0.2) is 0 Å². The molecule has 0 saturated heterocycles. The van der Waals surface area contributed by atoms with Gasteiger partial charge >= 0.3 is 0 Å². The Morgan fingerprint density at radius 1 is 1.43 bits per heavy atom. The molecule has 1 aromatic heterocycles. The van der Waals surface area contributed by atoms with E-state index in [1.807, 2.05) is 18.3 Å². The Morgan fingerprint density at radius 3 is 2.90 bits per heavy atom. The van der Waals surface area contributed by atoms with Gasteiger partial charge in [0.1, 0.15) is 0 Å². The van der Waals surface area contributed by atoms with E-state index in [0.717, 1.165) is 32.1 Å². The van der Waals surface area contributed by atoms with E-state index in [1.54, 1.807) is 6.92 Å². The van der Waals surface area contributed by atoms with Gasteiger partial charge in [0.25, 0.3) is 0 Å². The molecule has 1 atom stereocenters. The van der Waals surface area contributed by atoms with Gasteiger partial charge in [-0.25, -0.2) is 4.98 Å². The molecule has 3 N–H and O–H groups in total. The Morgan fingerprint density at radius 2 is 2.19 bits per heavy atom. The van der Waals surface area contributed by atoms with Gasteiger partial charge in [-0.2, -0.15) is 0 Å². The van der Waals surface area contributed by atoms with Crippen molar-refractivity contribution in [2.24, 2.45) is 5.73 Å². The number of nitrogens with two attached hydrogens (primary N) is 1. The molecule has 1 aliphatic rings. The molecule has 2 rings (SSSR count). The number of carbonyl (C=O) groups excluding carboxylic acids is 1. The molecule has 0 fully saturated rings. The first-order chi connectivity index (χ1) is 10.0. The zero-order valence-electron chi connectivity index (χ0n) is 13.2. The minimum Gasteiger partial charge on any atom is -0.355 e. The lowest BCUT2D eigenvalue weighted by atomic mass is 9.96. The Bertz CT molecular complexity index is 458. The van der Waals surface area contributed by atoms with Crippen molar-refractivity contribution in [1.29, 1.82) is 0 Å². The molecule has 0 aliphatic heterocycles. The predicted molar refractivity (Wildman–Crippen MR) is 87.6 cm³/mol. The molecular weight excluding hydrogens is 282 g/mol. The van der Waals surface area contributed by atoms with Crippen molar-refractivity contribution in [2.45, 2.75) is 70.8 Å². The lowest BCUT2D eigenvalue weighted by molar-refractivity contribution is -0.126. The number of hydrogen-bond acceptors (Lipinski definition) is 4. The van der Waals surface area contributed by atoms with E-state index in [0.29, 0.717) is 6.54 Å². The Labute approximate surface area is 131 Å². The molecule has 0 spiro atoms. The molecule has 0 saturated carbocycles. The molecule has 5 heteroatoms. The second-order valence-electron chi connectivity index (χ2n) is 6.21. The van der Waals surface area contributed by atoms with E-state index in [-0.39, 0.29) is 5.91 Å². The average molecular weight is 309 g/mol. The molecule has 1 unspecified atom stereocenters. The quantitative estimate of drug-likeness (QED) is 0.761. The molecule has 1 heterocycles. The van der Waals surface area contributed by atoms with E-state index in [2.05, 4.69) is 5.32 Å². The third-order valence-corrected chi connectivity index (χ3v) is 5.25. The topological polar surface area (TPSA) is 68.0 Å². The summed E-state index contributed by atoms with van der Waals surface area (Å²) >= 11 is 1.86. The fourth-order valence-corrected chi connectivity index (χ4v) is 3.99. The monoisotopic (exact) mass is 309 g/mol. The van der Waals surface area contributed by atoms with Gasteiger partial charge in [0.15, 0.2) is 0 Å². The minimum absolute atomic E-state index is 0.0391. The number of nitrogens with zero attached hydrogens (tertiary/aromatic N) is 1. The highest BCUT2D eigenvalue weighted by Gasteiger charge is 2.26. The number of aromatic nitrogens is 1. The molecule has 1 aliphatic carbocycles. The molecular formula is C16H27N3OS. The number of aryl methyl sites for hydroxylation is 3. The summed E-state index contributed by atoms with van der Waals surface area (Å²) in [5.74, 6) is -0.0391. The standard InChI is InChI=1S/C16H27N3OS/c1-3-10-16(2,17)15(20)18-11-6-9-14-19-12-7-4-5-8-13(12)21-14/h3-11,17H2,1-2H3,(H,18,20). The van der Waals surface area contributed by atoms with Gasteiger partial charge in [0.05, 0.1) is 16.2 Å². The third-order valence-electron chi connectivity index (χ3n) is 4.03. The van der Waals surface area contributed by atoms with E-state index in [9.17, 15) is 4.79 Å². The highest BCUT2D eigenvalue weighted by atomic mass is 32.1. The molecule has 118 valence electrons. The average Bonchev–Trinajstić information content (AvgIpc) is 2.85. The van der Waals surface area contributed by atoms with Crippen molar-refractivity contribution in [1.82, 2.24) is 10.3 Å². The maximum Gasteiger partial charge on any atom is 0.239 e. The number of carbonyl (C=O) groups is 1. The molecule has 0 radical (unpaired) electrons. The second kappa shape index (κ2) is 7.36. The summed E-state index contributed by atoms with van der Waals surface area (Å²) in [6.45, 7) is 4.53. The lowest BCUT2D eigenvalue weighted by Crippen LogP contribution is -2.51. The highest BCUT2D eigenvalue weighted by molar-refractivity contribution is 7.11. The summed E-state index contributed by atoms with van der Waals surface area (Å²) in [7, 11) is 0. The van der Waals surface area contributed by atoms with Crippen LogP contribution >= 0.6 is 11.3 Å². The van der Waals surface area contributed by atoms with Crippen molar-refractivity contribution in [3.63, 3.8) is 0 Å². The second-order valence-corrected chi connectivity index (χ2v) is 7.38. The molecule has 0 bridgehead atoms. The van der Waals surface area contributed by atoms with Gasteiger partial charge in [-0.3, -0.25) is 4.79 Å². The van der Waals surface area contributed by atoms with Crippen LogP contribution in [0.3, 0.4) is 0 Å². The van der Waals surface area contributed by atoms with Crippen LogP contribution in [-0.4, -0.2) is 23.0 Å². The van der Waals surface area contributed by atoms with Crippen molar-refractivity contribution in [3.8, 4) is 0 Å². The SMILES string of the molecule is CCCC(C)(N)C(=O)NCCCc1nc2c(s1)CCCC2. The van der Waals surface area contributed by atoms with Crippen LogP contribution in [0.4, 0.5) is 0 Å². The molecule has 4 nitrogen and oxygen atoms in total. The first kappa shape index (κ1) is 16.4. The van der Waals surface area contributed by atoms with Crippen LogP contribution in [-0.2, 0) is 24.1 Å². The zero-order valence-corrected chi connectivity index (χ0v) is 14.0. The first-order valence-corrected chi connectivity index (χ1v) is 8.89. The van der Waals surface area contributed by atoms with Gasteiger partial charge < -0.3 is 11.1 Å². The van der Waals surface area contributed by atoms with Crippen LogP contribution in [0.5, 0.6) is 0 Å². The summed E-state index contributed by atoms with van der Waals surface area (Å²) in [5, 5.41) is 4.18. The Balaban J connectivity index is 1.72. The molecule has 1 amide bonds. The van der Waals surface area contributed by atoms with Gasteiger partial charge in [0, 0.05) is 17.8 Å². The van der Waals surface area contributed by atoms with Crippen molar-refractivity contribution in [2.75, 3.05) is 6.54 Å². The predicted octanol–water partition coefficient (Wildman–Crippen LogP) is 2.59. The number of hydrogen-bond donors (Lipinski definition) is 2. The van der Waals surface area contributed by atoms with Crippen LogP contribution < -0.4 is 11.1 Å². The van der Waals surface area contributed by atoms with Gasteiger partial charge in [-0.05, 0) is 45.4 Å². The Kier molecular flexibility index (Phi) is 5.76. The molecule has 0 aromatic carbocycles. The smallest absolute Gasteiger partial charge is 0.239 e. The summed E-state index contributed by atoms with van der Waals surface area (Å²) < 4.78 is 0. The van der Waals surface area contributed by atoms with E-state index in [1.165, 1.54) is 34.8 Å². The van der Waals surface area contributed by atoms with Crippen LogP contribution in [0, 0.1) is 0 Å². The normalized spacial score (nSPS) is 17.1. The maximum absolute atomic E-state index is 12.0. The van der Waals surface area contributed by atoms with Crippen LogP contribution in [0.1, 0.15) is 61.5 Å². The third kappa shape index (κ3) is 4.51. The number of fused-ring (bicyclic) bond motifs is 1. The fraction of sp³-hybridized carbons (Fsp3) is 0.750. The number of amides is 1. The summed E-state index contributed by atoms with van der Waals surface area (Å²) in [6, 6.07) is 0. The van der Waals surface area contributed by atoms with Gasteiger partial charge in [0.2, 0.25) is 5.91 Å². The van der Waals surface area contributed by atoms with Crippen molar-refractivity contribution < 1.29 is 4.79 Å². The van der Waals surface area contributed by atoms with Crippen molar-refractivity contribution >= 4 is 17.2 Å². The molecule has 1 aromatic rings. The number of rotatable bonds is 7.